The smallest absolute Gasteiger partial charge is 0.338 e. The van der Waals surface area contributed by atoms with E-state index in [4.69, 9.17) is 0 Å². The molecule has 0 aliphatic carbocycles. The van der Waals surface area contributed by atoms with Gasteiger partial charge in [-0.2, -0.15) is 13.2 Å². The van der Waals surface area contributed by atoms with E-state index in [0.717, 1.165) is 0 Å². The van der Waals surface area contributed by atoms with Crippen molar-refractivity contribution in [3.8, 4) is 5.69 Å². The van der Waals surface area contributed by atoms with Gasteiger partial charge in [-0.1, -0.05) is 6.07 Å². The molecule has 0 spiro atoms. The number of hydrogen-bond donors (Lipinski definition) is 0. The van der Waals surface area contributed by atoms with Gasteiger partial charge in [-0.3, -0.25) is 14.5 Å². The summed E-state index contributed by atoms with van der Waals surface area (Å²) in [5.74, 6) is -1.07. The third-order valence-electron chi connectivity index (χ3n) is 5.32. The van der Waals surface area contributed by atoms with Crippen molar-refractivity contribution in [1.82, 2.24) is 34.9 Å². The van der Waals surface area contributed by atoms with E-state index in [1.165, 1.54) is 15.9 Å². The molecular weight excluding hydrogens is 419 g/mol. The first-order valence-electron chi connectivity index (χ1n) is 9.53. The number of tetrazole rings is 1. The fourth-order valence-corrected chi connectivity index (χ4v) is 3.81. The number of likely N-dealkylation sites (tertiary alicyclic amines) is 1. The van der Waals surface area contributed by atoms with Crippen LogP contribution in [-0.4, -0.2) is 91.1 Å². The van der Waals surface area contributed by atoms with Crippen molar-refractivity contribution in [2.45, 2.75) is 25.1 Å². The SMILES string of the molecule is O=C(c1cccc(-n2cnnn2)c1)N1CCC(N2CC(=O)N(CC(F)(F)F)C2=O)CC1. The molecule has 31 heavy (non-hydrogen) atoms. The van der Waals surface area contributed by atoms with Gasteiger partial charge in [0.05, 0.1) is 5.69 Å². The number of carbonyl (C=O) groups excluding carboxylic acids is 3. The highest BCUT2D eigenvalue weighted by molar-refractivity contribution is 6.02. The summed E-state index contributed by atoms with van der Waals surface area (Å²) >= 11 is 0. The van der Waals surface area contributed by atoms with Crippen LogP contribution >= 0.6 is 0 Å². The Hall–Kier alpha value is -3.51. The number of benzene rings is 1. The second-order valence-electron chi connectivity index (χ2n) is 7.33. The molecule has 0 bridgehead atoms. The van der Waals surface area contributed by atoms with Gasteiger partial charge >= 0.3 is 12.2 Å². The molecule has 4 rings (SSSR count). The molecule has 4 amide bonds. The topological polar surface area (TPSA) is 105 Å². The summed E-state index contributed by atoms with van der Waals surface area (Å²) < 4.78 is 39.3. The van der Waals surface area contributed by atoms with Crippen LogP contribution in [0.1, 0.15) is 23.2 Å². The number of rotatable bonds is 4. The molecule has 164 valence electrons. The molecule has 2 aromatic rings. The van der Waals surface area contributed by atoms with Crippen molar-refractivity contribution in [3.05, 3.63) is 36.2 Å². The lowest BCUT2D eigenvalue weighted by Crippen LogP contribution is -2.48. The Balaban J connectivity index is 1.38. The Morgan fingerprint density at radius 3 is 2.55 bits per heavy atom. The highest BCUT2D eigenvalue weighted by Gasteiger charge is 2.45. The van der Waals surface area contributed by atoms with Crippen LogP contribution in [-0.2, 0) is 4.79 Å². The molecule has 0 radical (unpaired) electrons. The molecule has 2 aliphatic rings. The molecule has 3 heterocycles. The number of halogens is 3. The van der Waals surface area contributed by atoms with Gasteiger partial charge in [-0.25, -0.2) is 9.48 Å². The van der Waals surface area contributed by atoms with Gasteiger partial charge in [0.25, 0.3) is 11.8 Å². The summed E-state index contributed by atoms with van der Waals surface area (Å²) in [4.78, 5) is 40.1. The molecule has 13 heteroatoms. The van der Waals surface area contributed by atoms with E-state index in [2.05, 4.69) is 15.5 Å². The van der Waals surface area contributed by atoms with E-state index in [0.29, 0.717) is 37.2 Å². The summed E-state index contributed by atoms with van der Waals surface area (Å²) in [5, 5.41) is 10.9. The number of piperidine rings is 1. The number of amides is 4. The van der Waals surface area contributed by atoms with Crippen molar-refractivity contribution in [1.29, 1.82) is 0 Å². The van der Waals surface area contributed by atoms with Crippen LogP contribution in [0, 0.1) is 0 Å². The quantitative estimate of drug-likeness (QED) is 0.664. The van der Waals surface area contributed by atoms with Gasteiger partial charge in [-0.05, 0) is 41.5 Å². The molecule has 0 atom stereocenters. The van der Waals surface area contributed by atoms with Gasteiger partial charge in [0.2, 0.25) is 0 Å². The summed E-state index contributed by atoms with van der Waals surface area (Å²) in [6.07, 6.45) is -2.49. The zero-order chi connectivity index (χ0) is 22.2. The third kappa shape index (κ3) is 4.34. The maximum atomic E-state index is 12.9. The van der Waals surface area contributed by atoms with Gasteiger partial charge in [-0.15, -0.1) is 5.10 Å². The molecule has 0 saturated carbocycles. The van der Waals surface area contributed by atoms with E-state index >= 15 is 0 Å². The average Bonchev–Trinajstić information content (AvgIpc) is 3.37. The molecule has 10 nitrogen and oxygen atoms in total. The Morgan fingerprint density at radius 2 is 1.90 bits per heavy atom. The molecule has 2 saturated heterocycles. The van der Waals surface area contributed by atoms with Gasteiger partial charge in [0.15, 0.2) is 0 Å². The highest BCUT2D eigenvalue weighted by Crippen LogP contribution is 2.26. The van der Waals surface area contributed by atoms with Gasteiger partial charge in [0.1, 0.15) is 19.4 Å². The number of alkyl halides is 3. The van der Waals surface area contributed by atoms with Crippen LogP contribution < -0.4 is 0 Å². The minimum atomic E-state index is -4.64. The van der Waals surface area contributed by atoms with Crippen LogP contribution in [0.4, 0.5) is 18.0 Å². The third-order valence-corrected chi connectivity index (χ3v) is 5.32. The Labute approximate surface area is 174 Å². The van der Waals surface area contributed by atoms with Crippen LogP contribution in [0.3, 0.4) is 0 Å². The monoisotopic (exact) mass is 437 g/mol. The second kappa shape index (κ2) is 7.96. The Bertz CT molecular complexity index is 988. The molecule has 0 N–H and O–H groups in total. The number of carbonyl (C=O) groups is 3. The predicted octanol–water partition coefficient (Wildman–Crippen LogP) is 1.09. The Morgan fingerprint density at radius 1 is 1.16 bits per heavy atom. The fourth-order valence-electron chi connectivity index (χ4n) is 3.81. The normalized spacial score (nSPS) is 18.2. The lowest BCUT2D eigenvalue weighted by Gasteiger charge is -2.36. The van der Waals surface area contributed by atoms with E-state index in [9.17, 15) is 27.6 Å². The maximum Gasteiger partial charge on any atom is 0.406 e. The summed E-state index contributed by atoms with van der Waals surface area (Å²) in [7, 11) is 0. The first-order valence-corrected chi connectivity index (χ1v) is 9.53. The summed E-state index contributed by atoms with van der Waals surface area (Å²) in [5.41, 5.74) is 1.06. The van der Waals surface area contributed by atoms with Crippen LogP contribution in [0.15, 0.2) is 30.6 Å². The number of urea groups is 1. The molecule has 2 fully saturated rings. The molecular formula is C18H18F3N7O3. The fraction of sp³-hybridized carbons (Fsp3) is 0.444. The lowest BCUT2D eigenvalue weighted by molar-refractivity contribution is -0.151. The zero-order valence-electron chi connectivity index (χ0n) is 16.2. The molecule has 1 aromatic carbocycles. The minimum Gasteiger partial charge on any atom is -0.338 e. The van der Waals surface area contributed by atoms with Crippen molar-refractivity contribution < 1.29 is 27.6 Å². The lowest BCUT2D eigenvalue weighted by atomic mass is 10.0. The van der Waals surface area contributed by atoms with Crippen LogP contribution in [0.25, 0.3) is 5.69 Å². The summed E-state index contributed by atoms with van der Waals surface area (Å²) in [6, 6.07) is 5.46. The van der Waals surface area contributed by atoms with Gasteiger partial charge < -0.3 is 9.80 Å². The number of imide groups is 1. The molecule has 1 aromatic heterocycles. The minimum absolute atomic E-state index is 0.212. The first kappa shape index (κ1) is 20.8. The predicted molar refractivity (Wildman–Crippen MR) is 97.9 cm³/mol. The largest absolute Gasteiger partial charge is 0.406 e. The summed E-state index contributed by atoms with van der Waals surface area (Å²) in [6.45, 7) is -1.33. The number of nitrogens with zero attached hydrogens (tertiary/aromatic N) is 7. The van der Waals surface area contributed by atoms with Crippen molar-refractivity contribution in [3.63, 3.8) is 0 Å². The Kier molecular flexibility index (Phi) is 5.33. The maximum absolute atomic E-state index is 12.9. The first-order chi connectivity index (χ1) is 14.7. The molecule has 0 unspecified atom stereocenters. The van der Waals surface area contributed by atoms with E-state index in [1.807, 2.05) is 0 Å². The standard InChI is InChI=1S/C18H18F3N7O3/c19-18(20,21)10-27-15(29)9-26(17(27)31)13-4-6-25(7-5-13)16(30)12-2-1-3-14(8-12)28-11-22-23-24-28/h1-3,8,11,13H,4-7,9-10H2. The van der Waals surface area contributed by atoms with Crippen LogP contribution in [0.2, 0.25) is 0 Å². The number of aromatic nitrogens is 4. The molecule has 2 aliphatic heterocycles. The average molecular weight is 437 g/mol. The van der Waals surface area contributed by atoms with Crippen molar-refractivity contribution >= 4 is 17.8 Å². The second-order valence-corrected chi connectivity index (χ2v) is 7.33. The van der Waals surface area contributed by atoms with Gasteiger partial charge in [0, 0.05) is 24.7 Å². The zero-order valence-corrected chi connectivity index (χ0v) is 16.2. The van der Waals surface area contributed by atoms with Crippen molar-refractivity contribution in [2.24, 2.45) is 0 Å². The van der Waals surface area contributed by atoms with E-state index < -0.39 is 30.7 Å². The number of hydrogen-bond acceptors (Lipinski definition) is 6. The van der Waals surface area contributed by atoms with Crippen molar-refractivity contribution in [2.75, 3.05) is 26.2 Å². The van der Waals surface area contributed by atoms with Crippen LogP contribution in [0.5, 0.6) is 0 Å². The highest BCUT2D eigenvalue weighted by atomic mass is 19.4. The van der Waals surface area contributed by atoms with E-state index in [-0.39, 0.29) is 17.4 Å². The van der Waals surface area contributed by atoms with E-state index in [1.54, 1.807) is 29.2 Å².